The highest BCUT2D eigenvalue weighted by atomic mass is 16.1. The zero-order valence-corrected chi connectivity index (χ0v) is 11.6. The lowest BCUT2D eigenvalue weighted by Crippen LogP contribution is -2.37. The molecule has 21 heavy (non-hydrogen) atoms. The second kappa shape index (κ2) is 4.86. The summed E-state index contributed by atoms with van der Waals surface area (Å²) in [6.45, 7) is 2.96. The highest BCUT2D eigenvalue weighted by molar-refractivity contribution is 6.08. The fraction of sp³-hybridized carbons (Fsp3) is 0.250. The predicted molar refractivity (Wildman–Crippen MR) is 80.1 cm³/mol. The molecule has 0 unspecified atom stereocenters. The van der Waals surface area contributed by atoms with Crippen LogP contribution in [0.5, 0.6) is 0 Å². The van der Waals surface area contributed by atoms with Gasteiger partial charge in [-0.1, -0.05) is 18.2 Å². The number of carbonyl (C=O) groups is 1. The molecule has 3 aromatic rings. The van der Waals surface area contributed by atoms with Gasteiger partial charge in [0.1, 0.15) is 5.82 Å². The molecular formula is C16H16N4O. The van der Waals surface area contributed by atoms with E-state index in [2.05, 4.69) is 19.4 Å². The molecule has 0 saturated heterocycles. The van der Waals surface area contributed by atoms with Gasteiger partial charge in [0.25, 0.3) is 0 Å². The number of hydrogen-bond acceptors (Lipinski definition) is 3. The van der Waals surface area contributed by atoms with Crippen LogP contribution in [0.3, 0.4) is 0 Å². The number of hydrogen-bond donors (Lipinski definition) is 1. The number of Topliss-reactive ketones (excluding diaryl/α,β-unsaturated/α-hetero) is 1. The van der Waals surface area contributed by atoms with E-state index >= 15 is 0 Å². The van der Waals surface area contributed by atoms with Crippen LogP contribution in [0, 0.1) is 0 Å². The Hall–Kier alpha value is -2.40. The molecule has 3 heterocycles. The van der Waals surface area contributed by atoms with Crippen molar-refractivity contribution >= 4 is 16.7 Å². The molecule has 2 aromatic heterocycles. The van der Waals surface area contributed by atoms with Crippen molar-refractivity contribution in [3.63, 3.8) is 0 Å². The van der Waals surface area contributed by atoms with E-state index in [4.69, 9.17) is 0 Å². The highest BCUT2D eigenvalue weighted by Gasteiger charge is 2.20. The summed E-state index contributed by atoms with van der Waals surface area (Å²) < 4.78 is 2.15. The van der Waals surface area contributed by atoms with Gasteiger partial charge in [-0.15, -0.1) is 0 Å². The summed E-state index contributed by atoms with van der Waals surface area (Å²) in [5, 5.41) is 1.00. The van der Waals surface area contributed by atoms with Gasteiger partial charge in [-0.05, 0) is 6.07 Å². The summed E-state index contributed by atoms with van der Waals surface area (Å²) in [6, 6.07) is 7.91. The largest absolute Gasteiger partial charge is 0.360 e. The van der Waals surface area contributed by atoms with Crippen LogP contribution in [0.25, 0.3) is 10.9 Å². The number of rotatable bonds is 3. The number of H-pyrrole nitrogens is 1. The zero-order chi connectivity index (χ0) is 14.2. The second-order valence-electron chi connectivity index (χ2n) is 5.42. The standard InChI is InChI=1S/C16H16N4O/c21-15(13-9-18-14-4-2-1-3-12(13)14)10-19-7-8-20-6-5-17-16(20)11-19/h1-6,9,18H,7-8,10-11H2. The number of nitrogens with one attached hydrogen (secondary N) is 1. The van der Waals surface area contributed by atoms with Crippen molar-refractivity contribution in [3.05, 3.63) is 54.2 Å². The van der Waals surface area contributed by atoms with Crippen LogP contribution in [0.15, 0.2) is 42.9 Å². The number of aromatic amines is 1. The topological polar surface area (TPSA) is 53.9 Å². The first kappa shape index (κ1) is 12.3. The van der Waals surface area contributed by atoms with Crippen LogP contribution >= 0.6 is 0 Å². The quantitative estimate of drug-likeness (QED) is 0.747. The minimum Gasteiger partial charge on any atom is -0.360 e. The molecule has 1 aromatic carbocycles. The molecule has 5 nitrogen and oxygen atoms in total. The van der Waals surface area contributed by atoms with E-state index in [1.54, 1.807) is 0 Å². The van der Waals surface area contributed by atoms with E-state index in [9.17, 15) is 4.79 Å². The van der Waals surface area contributed by atoms with Crippen molar-refractivity contribution in [3.8, 4) is 0 Å². The molecule has 106 valence electrons. The molecule has 5 heteroatoms. The Morgan fingerprint density at radius 2 is 2.19 bits per heavy atom. The lowest BCUT2D eigenvalue weighted by atomic mass is 10.1. The summed E-state index contributed by atoms with van der Waals surface area (Å²) in [6.07, 6.45) is 5.63. The summed E-state index contributed by atoms with van der Waals surface area (Å²) in [4.78, 5) is 22.2. The van der Waals surface area contributed by atoms with Crippen molar-refractivity contribution in [2.45, 2.75) is 13.1 Å². The van der Waals surface area contributed by atoms with Gasteiger partial charge in [0, 0.05) is 48.1 Å². The summed E-state index contributed by atoms with van der Waals surface area (Å²) in [5.74, 6) is 1.19. The maximum Gasteiger partial charge on any atom is 0.178 e. The van der Waals surface area contributed by atoms with E-state index in [1.807, 2.05) is 42.9 Å². The molecule has 0 saturated carbocycles. The lowest BCUT2D eigenvalue weighted by Gasteiger charge is -2.26. The van der Waals surface area contributed by atoms with Gasteiger partial charge < -0.3 is 9.55 Å². The molecule has 1 aliphatic heterocycles. The Morgan fingerprint density at radius 1 is 1.29 bits per heavy atom. The van der Waals surface area contributed by atoms with E-state index in [0.29, 0.717) is 6.54 Å². The van der Waals surface area contributed by atoms with Gasteiger partial charge in [-0.25, -0.2) is 4.98 Å². The van der Waals surface area contributed by atoms with Crippen LogP contribution < -0.4 is 0 Å². The molecule has 1 N–H and O–H groups in total. The maximum absolute atomic E-state index is 12.5. The average molecular weight is 280 g/mol. The minimum atomic E-state index is 0.160. The molecule has 0 atom stereocenters. The molecule has 0 fully saturated rings. The molecule has 0 bridgehead atoms. The van der Waals surface area contributed by atoms with Gasteiger partial charge >= 0.3 is 0 Å². The fourth-order valence-electron chi connectivity index (χ4n) is 2.95. The number of carbonyl (C=O) groups excluding carboxylic acids is 1. The summed E-state index contributed by atoms with van der Waals surface area (Å²) >= 11 is 0. The third kappa shape index (κ3) is 2.15. The highest BCUT2D eigenvalue weighted by Crippen LogP contribution is 2.19. The number of para-hydroxylation sites is 1. The average Bonchev–Trinajstić information content (AvgIpc) is 3.13. The van der Waals surface area contributed by atoms with Crippen LogP contribution in [-0.4, -0.2) is 38.3 Å². The van der Waals surface area contributed by atoms with Crippen LogP contribution in [0.1, 0.15) is 16.2 Å². The van der Waals surface area contributed by atoms with Gasteiger partial charge in [-0.2, -0.15) is 0 Å². The molecule has 0 spiro atoms. The number of nitrogens with zero attached hydrogens (tertiary/aromatic N) is 3. The number of imidazole rings is 1. The first-order valence-corrected chi connectivity index (χ1v) is 7.13. The molecule has 4 rings (SSSR count). The number of aromatic nitrogens is 3. The predicted octanol–water partition coefficient (Wildman–Crippen LogP) is 2.06. The maximum atomic E-state index is 12.5. The molecular weight excluding hydrogens is 264 g/mol. The normalized spacial score (nSPS) is 15.2. The summed E-state index contributed by atoms with van der Waals surface area (Å²) in [5.41, 5.74) is 1.79. The number of benzene rings is 1. The van der Waals surface area contributed by atoms with Crippen LogP contribution in [0.2, 0.25) is 0 Å². The van der Waals surface area contributed by atoms with E-state index in [0.717, 1.165) is 41.9 Å². The molecule has 0 radical (unpaired) electrons. The Labute approximate surface area is 122 Å². The zero-order valence-electron chi connectivity index (χ0n) is 11.6. The second-order valence-corrected chi connectivity index (χ2v) is 5.42. The van der Waals surface area contributed by atoms with E-state index < -0.39 is 0 Å². The Bertz CT molecular complexity index is 801. The molecule has 0 aliphatic carbocycles. The first-order valence-electron chi connectivity index (χ1n) is 7.13. The number of fused-ring (bicyclic) bond motifs is 2. The molecule has 1 aliphatic rings. The fourth-order valence-corrected chi connectivity index (χ4v) is 2.95. The Kier molecular flexibility index (Phi) is 2.86. The van der Waals surface area contributed by atoms with Crippen molar-refractivity contribution < 1.29 is 4.79 Å². The Balaban J connectivity index is 1.54. The first-order chi connectivity index (χ1) is 10.3. The van der Waals surface area contributed by atoms with E-state index in [-0.39, 0.29) is 5.78 Å². The SMILES string of the molecule is O=C(CN1CCn2ccnc2C1)c1c[nH]c2ccccc12. The van der Waals surface area contributed by atoms with Crippen molar-refractivity contribution in [2.75, 3.05) is 13.1 Å². The van der Waals surface area contributed by atoms with Crippen molar-refractivity contribution in [2.24, 2.45) is 0 Å². The molecule has 0 amide bonds. The van der Waals surface area contributed by atoms with Gasteiger partial charge in [0.2, 0.25) is 0 Å². The third-order valence-electron chi connectivity index (χ3n) is 4.08. The van der Waals surface area contributed by atoms with Crippen LogP contribution in [-0.2, 0) is 13.1 Å². The third-order valence-corrected chi connectivity index (χ3v) is 4.08. The van der Waals surface area contributed by atoms with Crippen molar-refractivity contribution in [1.29, 1.82) is 0 Å². The smallest absolute Gasteiger partial charge is 0.178 e. The van der Waals surface area contributed by atoms with Gasteiger partial charge in [-0.3, -0.25) is 9.69 Å². The van der Waals surface area contributed by atoms with Gasteiger partial charge in [0.15, 0.2) is 5.78 Å². The van der Waals surface area contributed by atoms with Crippen LogP contribution in [0.4, 0.5) is 0 Å². The minimum absolute atomic E-state index is 0.160. The lowest BCUT2D eigenvalue weighted by molar-refractivity contribution is 0.0909. The van der Waals surface area contributed by atoms with Crippen molar-refractivity contribution in [1.82, 2.24) is 19.4 Å². The summed E-state index contributed by atoms with van der Waals surface area (Å²) in [7, 11) is 0. The number of ketones is 1. The Morgan fingerprint density at radius 3 is 3.14 bits per heavy atom. The monoisotopic (exact) mass is 280 g/mol. The van der Waals surface area contributed by atoms with Gasteiger partial charge in [0.05, 0.1) is 13.1 Å². The van der Waals surface area contributed by atoms with E-state index in [1.165, 1.54) is 0 Å².